The molecule has 1 aromatic carbocycles. The molecule has 0 amide bonds. The van der Waals surface area contributed by atoms with Crippen molar-refractivity contribution in [1.29, 1.82) is 0 Å². The predicted molar refractivity (Wildman–Crippen MR) is 85.3 cm³/mol. The zero-order valence-corrected chi connectivity index (χ0v) is 13.2. The van der Waals surface area contributed by atoms with Crippen LogP contribution in [0.15, 0.2) is 47.2 Å². The molecule has 0 fully saturated rings. The summed E-state index contributed by atoms with van der Waals surface area (Å²) in [7, 11) is 0. The Balaban J connectivity index is 1.98. The summed E-state index contributed by atoms with van der Waals surface area (Å²) < 4.78 is 15.5. The molecule has 3 aromatic rings. The molecule has 0 radical (unpaired) electrons. The Kier molecular flexibility index (Phi) is 4.13. The van der Waals surface area contributed by atoms with Crippen LogP contribution in [0.3, 0.4) is 0 Å². The summed E-state index contributed by atoms with van der Waals surface area (Å²) in [5, 5.41) is 20.6. The van der Waals surface area contributed by atoms with Gasteiger partial charge in [-0.15, -0.1) is 0 Å². The molecule has 2 heterocycles. The van der Waals surface area contributed by atoms with Crippen molar-refractivity contribution >= 4 is 26.8 Å². The highest BCUT2D eigenvalue weighted by molar-refractivity contribution is 9.10. The maximum atomic E-state index is 13.3. The van der Waals surface area contributed by atoms with Crippen LogP contribution in [-0.2, 0) is 6.42 Å². The molecule has 2 N–H and O–H groups in total. The first kappa shape index (κ1) is 15.0. The van der Waals surface area contributed by atoms with Crippen LogP contribution in [-0.4, -0.2) is 26.4 Å². The molecule has 0 unspecified atom stereocenters. The third-order valence-corrected chi connectivity index (χ3v) is 4.04. The molecule has 4 nitrogen and oxygen atoms in total. The lowest BCUT2D eigenvalue weighted by atomic mass is 10.1. The Morgan fingerprint density at radius 2 is 2.09 bits per heavy atom. The molecule has 0 bridgehead atoms. The monoisotopic (exact) mass is 364 g/mol. The van der Waals surface area contributed by atoms with E-state index in [4.69, 9.17) is 0 Å². The molecule has 2 aromatic heterocycles. The largest absolute Gasteiger partial charge is 0.494 e. The van der Waals surface area contributed by atoms with Crippen molar-refractivity contribution in [3.63, 3.8) is 0 Å². The minimum Gasteiger partial charge on any atom is -0.494 e. The highest BCUT2D eigenvalue weighted by atomic mass is 79.9. The Labute approximate surface area is 135 Å². The van der Waals surface area contributed by atoms with E-state index in [1.165, 1.54) is 12.1 Å². The lowest BCUT2D eigenvalue weighted by Crippen LogP contribution is -2.15. The van der Waals surface area contributed by atoms with Crippen LogP contribution in [0.4, 0.5) is 4.39 Å². The molecular weight excluding hydrogens is 351 g/mol. The molecule has 3 rings (SSSR count). The second kappa shape index (κ2) is 6.06. The maximum Gasteiger partial charge on any atom is 0.201 e. The van der Waals surface area contributed by atoms with Crippen LogP contribution in [0.25, 0.3) is 10.9 Å². The first-order chi connectivity index (χ1) is 10.6. The number of halogens is 2. The lowest BCUT2D eigenvalue weighted by molar-refractivity contribution is 0.218. The average Bonchev–Trinajstić information content (AvgIpc) is 2.81. The number of pyridine rings is 1. The molecule has 0 saturated heterocycles. The van der Waals surface area contributed by atoms with Crippen molar-refractivity contribution in [2.24, 2.45) is 0 Å². The normalized spacial score (nSPS) is 12.7. The van der Waals surface area contributed by atoms with Crippen LogP contribution >= 0.6 is 15.9 Å². The van der Waals surface area contributed by atoms with Gasteiger partial charge in [0, 0.05) is 6.20 Å². The summed E-state index contributed by atoms with van der Waals surface area (Å²) in [5.41, 5.74) is 1.38. The van der Waals surface area contributed by atoms with Gasteiger partial charge in [-0.1, -0.05) is 12.1 Å². The number of fused-ring (bicyclic) bond motifs is 1. The maximum absolute atomic E-state index is 13.3. The minimum atomic E-state index is -0.394. The van der Waals surface area contributed by atoms with Crippen molar-refractivity contribution in [2.75, 3.05) is 6.61 Å². The Morgan fingerprint density at radius 1 is 1.27 bits per heavy atom. The van der Waals surface area contributed by atoms with Crippen LogP contribution in [0.1, 0.15) is 11.6 Å². The standard InChI is InChI=1S/C16H14BrFN2O2/c17-15-5-4-13-14(19-15)8-20(16(13)22)12(9-21)7-10-2-1-3-11(18)6-10/h1-6,8,12,21-22H,7,9H2/t12-/m0/s1. The number of aliphatic hydroxyl groups is 1. The average molecular weight is 365 g/mol. The molecule has 22 heavy (non-hydrogen) atoms. The molecule has 0 spiro atoms. The fraction of sp³-hybridized carbons (Fsp3) is 0.188. The molecular formula is C16H14BrFN2O2. The number of rotatable bonds is 4. The van der Waals surface area contributed by atoms with E-state index in [9.17, 15) is 14.6 Å². The van der Waals surface area contributed by atoms with E-state index in [2.05, 4.69) is 20.9 Å². The number of hydrogen-bond donors (Lipinski definition) is 2. The number of nitrogens with zero attached hydrogens (tertiary/aromatic N) is 2. The van der Waals surface area contributed by atoms with Crippen LogP contribution in [0, 0.1) is 5.82 Å². The zero-order chi connectivity index (χ0) is 15.7. The fourth-order valence-corrected chi connectivity index (χ4v) is 2.86. The van der Waals surface area contributed by atoms with Gasteiger partial charge in [0.2, 0.25) is 5.88 Å². The number of benzene rings is 1. The molecule has 114 valence electrons. The van der Waals surface area contributed by atoms with Crippen molar-refractivity contribution in [1.82, 2.24) is 9.55 Å². The van der Waals surface area contributed by atoms with Gasteiger partial charge in [-0.2, -0.15) is 0 Å². The van der Waals surface area contributed by atoms with Gasteiger partial charge in [-0.25, -0.2) is 9.37 Å². The van der Waals surface area contributed by atoms with Crippen molar-refractivity contribution in [3.8, 4) is 5.88 Å². The van der Waals surface area contributed by atoms with Crippen molar-refractivity contribution < 1.29 is 14.6 Å². The lowest BCUT2D eigenvalue weighted by Gasteiger charge is -2.17. The van der Waals surface area contributed by atoms with E-state index in [0.29, 0.717) is 21.9 Å². The molecule has 6 heteroatoms. The van der Waals surface area contributed by atoms with E-state index < -0.39 is 6.04 Å². The molecule has 0 aliphatic carbocycles. The SMILES string of the molecule is OC[C@H](Cc1cccc(F)c1)n1cc2nc(Br)ccc2c1O. The summed E-state index contributed by atoms with van der Waals surface area (Å²) >= 11 is 3.29. The highest BCUT2D eigenvalue weighted by Gasteiger charge is 2.18. The van der Waals surface area contributed by atoms with Gasteiger partial charge in [-0.3, -0.25) is 0 Å². The zero-order valence-electron chi connectivity index (χ0n) is 11.6. The molecule has 1 atom stereocenters. The second-order valence-electron chi connectivity index (χ2n) is 5.10. The fourth-order valence-electron chi connectivity index (χ4n) is 2.53. The van der Waals surface area contributed by atoms with Gasteiger partial charge in [0.05, 0.1) is 23.6 Å². The number of aromatic hydroxyl groups is 1. The molecule has 0 aliphatic heterocycles. The Bertz CT molecular complexity index is 819. The second-order valence-corrected chi connectivity index (χ2v) is 5.91. The van der Waals surface area contributed by atoms with Gasteiger partial charge in [0.15, 0.2) is 0 Å². The van der Waals surface area contributed by atoms with Gasteiger partial charge >= 0.3 is 0 Å². The topological polar surface area (TPSA) is 58.3 Å². The van der Waals surface area contributed by atoms with Crippen LogP contribution in [0.2, 0.25) is 0 Å². The smallest absolute Gasteiger partial charge is 0.201 e. The number of aromatic nitrogens is 2. The molecule has 0 aliphatic rings. The van der Waals surface area contributed by atoms with E-state index in [1.807, 2.05) is 0 Å². The summed E-state index contributed by atoms with van der Waals surface area (Å²) in [5.74, 6) is -0.271. The quantitative estimate of drug-likeness (QED) is 0.697. The van der Waals surface area contributed by atoms with Gasteiger partial charge < -0.3 is 14.8 Å². The number of hydrogen-bond acceptors (Lipinski definition) is 3. The Hall–Kier alpha value is -1.92. The van der Waals surface area contributed by atoms with E-state index in [0.717, 1.165) is 5.56 Å². The van der Waals surface area contributed by atoms with Crippen LogP contribution < -0.4 is 0 Å². The van der Waals surface area contributed by atoms with Crippen LogP contribution in [0.5, 0.6) is 5.88 Å². The Morgan fingerprint density at radius 3 is 2.82 bits per heavy atom. The summed E-state index contributed by atoms with van der Waals surface area (Å²) in [6, 6.07) is 9.33. The van der Waals surface area contributed by atoms with Crippen molar-refractivity contribution in [2.45, 2.75) is 12.5 Å². The third kappa shape index (κ3) is 2.84. The van der Waals surface area contributed by atoms with Gasteiger partial charge in [-0.05, 0) is 52.2 Å². The van der Waals surface area contributed by atoms with Crippen molar-refractivity contribution in [3.05, 3.63) is 58.6 Å². The number of aliphatic hydroxyl groups excluding tert-OH is 1. The minimum absolute atomic E-state index is 0.0467. The van der Waals surface area contributed by atoms with E-state index in [1.54, 1.807) is 35.0 Å². The predicted octanol–water partition coefficient (Wildman–Crippen LogP) is 3.42. The summed E-state index contributed by atoms with van der Waals surface area (Å²) in [4.78, 5) is 4.29. The van der Waals surface area contributed by atoms with Gasteiger partial charge in [0.25, 0.3) is 0 Å². The van der Waals surface area contributed by atoms with E-state index >= 15 is 0 Å². The highest BCUT2D eigenvalue weighted by Crippen LogP contribution is 2.31. The van der Waals surface area contributed by atoms with E-state index in [-0.39, 0.29) is 18.3 Å². The first-order valence-corrected chi connectivity index (χ1v) is 7.59. The third-order valence-electron chi connectivity index (χ3n) is 3.60. The first-order valence-electron chi connectivity index (χ1n) is 6.80. The summed E-state index contributed by atoms with van der Waals surface area (Å²) in [6.45, 7) is -0.174. The summed E-state index contributed by atoms with van der Waals surface area (Å²) in [6.07, 6.45) is 2.10. The van der Waals surface area contributed by atoms with Gasteiger partial charge in [0.1, 0.15) is 10.4 Å². The molecule has 0 saturated carbocycles.